The summed E-state index contributed by atoms with van der Waals surface area (Å²) in [5.74, 6) is -3.72. The van der Waals surface area contributed by atoms with E-state index in [1.165, 1.54) is 0 Å². The molecular formula is C7H7NaO7S. The summed E-state index contributed by atoms with van der Waals surface area (Å²) in [6.07, 6.45) is 0. The molecule has 4 N–H and O–H groups in total. The third-order valence-electron chi connectivity index (χ3n) is 1.60. The van der Waals surface area contributed by atoms with E-state index in [2.05, 4.69) is 0 Å². The average Bonchev–Trinajstić information content (AvgIpc) is 2.00. The summed E-state index contributed by atoms with van der Waals surface area (Å²) >= 11 is 0. The Balaban J connectivity index is 0. The minimum absolute atomic E-state index is 0. The largest absolute Gasteiger partial charge is 1.00 e. The monoisotopic (exact) mass is 258 g/mol. The molecule has 16 heavy (non-hydrogen) atoms. The molecule has 0 fully saturated rings. The predicted molar refractivity (Wildman–Crippen MR) is 47.7 cm³/mol. The van der Waals surface area contributed by atoms with E-state index in [-0.39, 0.29) is 31.0 Å². The Morgan fingerprint density at radius 3 is 2.12 bits per heavy atom. The van der Waals surface area contributed by atoms with Crippen molar-refractivity contribution in [2.24, 2.45) is 0 Å². The standard InChI is InChI=1S/C7H6O7S.Na.H/c8-4-2-1-3(7(10)11)5(9)6(4)15(12,13)14;;/h1-2,8-9H,(H,10,11)(H,12,13,14);;/q;+1;-1. The fraction of sp³-hybridized carbons (Fsp3) is 0. The molecule has 84 valence electrons. The maximum atomic E-state index is 10.7. The van der Waals surface area contributed by atoms with Gasteiger partial charge in [-0.3, -0.25) is 4.55 Å². The first-order chi connectivity index (χ1) is 6.75. The fourth-order valence-corrected chi connectivity index (χ4v) is 1.67. The number of phenolic OH excluding ortho intramolecular Hbond substituents is 1. The summed E-state index contributed by atoms with van der Waals surface area (Å²) in [5.41, 5.74) is -0.736. The summed E-state index contributed by atoms with van der Waals surface area (Å²) in [4.78, 5) is 9.27. The van der Waals surface area contributed by atoms with Crippen LogP contribution in [0.2, 0.25) is 0 Å². The minimum atomic E-state index is -4.88. The Bertz CT molecular complexity index is 527. The first-order valence-electron chi connectivity index (χ1n) is 3.51. The molecule has 0 saturated heterocycles. The topological polar surface area (TPSA) is 132 Å². The second-order valence-corrected chi connectivity index (χ2v) is 3.95. The Hall–Kier alpha value is -0.800. The van der Waals surface area contributed by atoms with Gasteiger partial charge in [0.1, 0.15) is 11.3 Å². The van der Waals surface area contributed by atoms with Crippen molar-refractivity contribution in [2.75, 3.05) is 0 Å². The Labute approximate surface area is 114 Å². The minimum Gasteiger partial charge on any atom is -1.00 e. The van der Waals surface area contributed by atoms with Gasteiger partial charge in [-0.05, 0) is 12.1 Å². The van der Waals surface area contributed by atoms with Crippen LogP contribution in [-0.2, 0) is 10.1 Å². The van der Waals surface area contributed by atoms with Crippen LogP contribution in [0.5, 0.6) is 11.5 Å². The van der Waals surface area contributed by atoms with E-state index in [1.54, 1.807) is 0 Å². The predicted octanol–water partition coefficient (Wildman–Crippen LogP) is -2.84. The molecule has 0 aliphatic heterocycles. The van der Waals surface area contributed by atoms with Crippen LogP contribution in [0.15, 0.2) is 17.0 Å². The van der Waals surface area contributed by atoms with Gasteiger partial charge in [-0.1, -0.05) is 0 Å². The molecule has 0 atom stereocenters. The van der Waals surface area contributed by atoms with E-state index in [0.717, 1.165) is 12.1 Å². The van der Waals surface area contributed by atoms with Gasteiger partial charge < -0.3 is 16.7 Å². The number of benzene rings is 1. The molecular weight excluding hydrogens is 251 g/mol. The molecule has 0 unspecified atom stereocenters. The first-order valence-corrected chi connectivity index (χ1v) is 4.95. The summed E-state index contributed by atoms with van der Waals surface area (Å²) in [6, 6.07) is 1.55. The maximum Gasteiger partial charge on any atom is 1.00 e. The molecule has 9 heteroatoms. The molecule has 0 amide bonds. The quantitative estimate of drug-likeness (QED) is 0.332. The molecule has 0 aliphatic rings. The second-order valence-electron chi connectivity index (χ2n) is 2.59. The zero-order valence-corrected chi connectivity index (χ0v) is 10.9. The number of aromatic hydroxyl groups is 2. The van der Waals surface area contributed by atoms with Crippen LogP contribution < -0.4 is 29.6 Å². The molecule has 0 bridgehead atoms. The molecule has 7 nitrogen and oxygen atoms in total. The van der Waals surface area contributed by atoms with Crippen molar-refractivity contribution in [1.82, 2.24) is 0 Å². The normalized spacial score (nSPS) is 10.6. The van der Waals surface area contributed by atoms with Crippen LogP contribution >= 0.6 is 0 Å². The zero-order valence-electron chi connectivity index (χ0n) is 9.08. The number of carboxylic acid groups (broad SMARTS) is 1. The molecule has 1 aromatic rings. The third kappa shape index (κ3) is 2.86. The van der Waals surface area contributed by atoms with Gasteiger partial charge in [0.15, 0.2) is 10.6 Å². The maximum absolute atomic E-state index is 10.7. The summed E-state index contributed by atoms with van der Waals surface area (Å²) in [7, 11) is -4.88. The average molecular weight is 258 g/mol. The van der Waals surface area contributed by atoms with E-state index >= 15 is 0 Å². The Morgan fingerprint density at radius 1 is 1.25 bits per heavy atom. The van der Waals surface area contributed by atoms with Crippen LogP contribution in [0, 0.1) is 0 Å². The number of rotatable bonds is 2. The third-order valence-corrected chi connectivity index (χ3v) is 2.52. The van der Waals surface area contributed by atoms with Crippen molar-refractivity contribution in [3.63, 3.8) is 0 Å². The number of carbonyl (C=O) groups is 1. The smallest absolute Gasteiger partial charge is 1.00 e. The van der Waals surface area contributed by atoms with Crippen LogP contribution in [-0.4, -0.2) is 34.3 Å². The van der Waals surface area contributed by atoms with Gasteiger partial charge >= 0.3 is 45.6 Å². The van der Waals surface area contributed by atoms with Crippen LogP contribution in [0.4, 0.5) is 0 Å². The van der Waals surface area contributed by atoms with Gasteiger partial charge in [0.05, 0.1) is 0 Å². The van der Waals surface area contributed by atoms with Crippen molar-refractivity contribution >= 4 is 16.1 Å². The first kappa shape index (κ1) is 15.2. The van der Waals surface area contributed by atoms with Crippen LogP contribution in [0.3, 0.4) is 0 Å². The van der Waals surface area contributed by atoms with E-state index in [1.807, 2.05) is 0 Å². The number of phenols is 2. The summed E-state index contributed by atoms with van der Waals surface area (Å²) in [5, 5.41) is 26.8. The number of hydrogen-bond donors (Lipinski definition) is 4. The molecule has 1 rings (SSSR count). The van der Waals surface area contributed by atoms with E-state index in [9.17, 15) is 18.3 Å². The molecule has 1 aromatic carbocycles. The van der Waals surface area contributed by atoms with Crippen molar-refractivity contribution in [2.45, 2.75) is 4.90 Å². The van der Waals surface area contributed by atoms with E-state index < -0.39 is 38.0 Å². The summed E-state index contributed by atoms with van der Waals surface area (Å²) < 4.78 is 30.0. The van der Waals surface area contributed by atoms with E-state index in [0.29, 0.717) is 0 Å². The molecule has 0 spiro atoms. The second kappa shape index (κ2) is 5.02. The van der Waals surface area contributed by atoms with Gasteiger partial charge in [-0.2, -0.15) is 8.42 Å². The fourth-order valence-electron chi connectivity index (χ4n) is 0.987. The SMILES string of the molecule is O=C(O)c1ccc(O)c(S(=O)(=O)O)c1O.[H-].[Na+]. The number of aromatic carboxylic acids is 1. The molecule has 0 radical (unpaired) electrons. The van der Waals surface area contributed by atoms with Crippen molar-refractivity contribution in [1.29, 1.82) is 0 Å². The van der Waals surface area contributed by atoms with Gasteiger partial charge in [0, 0.05) is 0 Å². The van der Waals surface area contributed by atoms with Crippen molar-refractivity contribution in [3.8, 4) is 11.5 Å². The van der Waals surface area contributed by atoms with Crippen LogP contribution in [0.25, 0.3) is 0 Å². The molecule has 0 aromatic heterocycles. The molecule has 0 aliphatic carbocycles. The number of carboxylic acids is 1. The van der Waals surface area contributed by atoms with Gasteiger partial charge in [-0.15, -0.1) is 0 Å². The van der Waals surface area contributed by atoms with Gasteiger partial charge in [0.25, 0.3) is 0 Å². The van der Waals surface area contributed by atoms with Gasteiger partial charge in [0.2, 0.25) is 0 Å². The van der Waals surface area contributed by atoms with Crippen molar-refractivity contribution < 1.29 is 64.1 Å². The number of hydrogen-bond acceptors (Lipinski definition) is 5. The van der Waals surface area contributed by atoms with Crippen LogP contribution in [0.1, 0.15) is 11.8 Å². The Morgan fingerprint density at radius 2 is 1.75 bits per heavy atom. The molecule has 0 heterocycles. The van der Waals surface area contributed by atoms with Gasteiger partial charge in [-0.25, -0.2) is 4.79 Å². The van der Waals surface area contributed by atoms with Crippen molar-refractivity contribution in [3.05, 3.63) is 17.7 Å². The summed E-state index contributed by atoms with van der Waals surface area (Å²) in [6.45, 7) is 0. The van der Waals surface area contributed by atoms with E-state index in [4.69, 9.17) is 14.8 Å². The Kier molecular flexibility index (Phi) is 4.77. The molecule has 0 saturated carbocycles. The zero-order chi connectivity index (χ0) is 11.8.